The van der Waals surface area contributed by atoms with Gasteiger partial charge in [-0.05, 0) is 18.6 Å². The molecule has 2 aromatic carbocycles. The molecule has 174 valence electrons. The number of carbonyl (C=O) groups excluding carboxylic acids is 1. The zero-order chi connectivity index (χ0) is 24.0. The van der Waals surface area contributed by atoms with Gasteiger partial charge in [0.15, 0.2) is 5.75 Å². The Morgan fingerprint density at radius 1 is 1.06 bits per heavy atom. The van der Waals surface area contributed by atoms with Crippen LogP contribution in [0.1, 0.15) is 24.5 Å². The van der Waals surface area contributed by atoms with E-state index in [1.165, 1.54) is 26.6 Å². The molecule has 0 unspecified atom stereocenters. The minimum atomic E-state index is -0.0835. The van der Waals surface area contributed by atoms with Gasteiger partial charge in [-0.3, -0.25) is 4.79 Å². The number of benzene rings is 2. The van der Waals surface area contributed by atoms with Crippen molar-refractivity contribution < 1.29 is 19.0 Å². The third-order valence-corrected chi connectivity index (χ3v) is 5.61. The first kappa shape index (κ1) is 24.4. The molecule has 3 rings (SSSR count). The fourth-order valence-electron chi connectivity index (χ4n) is 2.96. The molecular formula is C23H24Cl2N4O4. The van der Waals surface area contributed by atoms with Gasteiger partial charge >= 0.3 is 0 Å². The van der Waals surface area contributed by atoms with Crippen molar-refractivity contribution in [3.05, 3.63) is 57.8 Å². The second-order valence-electron chi connectivity index (χ2n) is 6.94. The predicted octanol–water partition coefficient (Wildman–Crippen LogP) is 5.78. The monoisotopic (exact) mass is 490 g/mol. The number of rotatable bonds is 9. The summed E-state index contributed by atoms with van der Waals surface area (Å²) in [7, 11) is 3.01. The highest BCUT2D eigenvalue weighted by Gasteiger charge is 2.18. The van der Waals surface area contributed by atoms with E-state index >= 15 is 0 Å². The van der Waals surface area contributed by atoms with Crippen LogP contribution in [0.15, 0.2) is 36.7 Å². The number of amides is 1. The molecule has 0 fully saturated rings. The lowest BCUT2D eigenvalue weighted by molar-refractivity contribution is -0.115. The maximum absolute atomic E-state index is 11.8. The van der Waals surface area contributed by atoms with Crippen LogP contribution in [-0.4, -0.2) is 30.1 Å². The Bertz CT molecular complexity index is 1110. The Hall–Kier alpha value is -3.23. The minimum Gasteiger partial charge on any atom is -0.495 e. The van der Waals surface area contributed by atoms with Crippen molar-refractivity contribution in [2.75, 3.05) is 24.9 Å². The number of nitrogens with zero attached hydrogens (tertiary/aromatic N) is 2. The van der Waals surface area contributed by atoms with Crippen molar-refractivity contribution in [2.24, 2.45) is 0 Å². The Balaban J connectivity index is 1.75. The van der Waals surface area contributed by atoms with E-state index in [0.29, 0.717) is 50.9 Å². The molecule has 33 heavy (non-hydrogen) atoms. The summed E-state index contributed by atoms with van der Waals surface area (Å²) >= 11 is 12.8. The van der Waals surface area contributed by atoms with Crippen LogP contribution in [0.3, 0.4) is 0 Å². The van der Waals surface area contributed by atoms with Crippen LogP contribution < -0.4 is 24.8 Å². The fourth-order valence-corrected chi connectivity index (χ4v) is 3.57. The van der Waals surface area contributed by atoms with Crippen molar-refractivity contribution in [1.29, 1.82) is 0 Å². The molecular weight excluding hydrogens is 467 g/mol. The molecule has 0 spiro atoms. The smallest absolute Gasteiger partial charge is 0.227 e. The first-order chi connectivity index (χ1) is 15.9. The lowest BCUT2D eigenvalue weighted by atomic mass is 10.1. The van der Waals surface area contributed by atoms with Crippen molar-refractivity contribution in [3.63, 3.8) is 0 Å². The van der Waals surface area contributed by atoms with Gasteiger partial charge in [-0.15, -0.1) is 0 Å². The second-order valence-corrected chi connectivity index (χ2v) is 7.70. The number of methoxy groups -OCH3 is 2. The first-order valence-corrected chi connectivity index (χ1v) is 10.8. The molecule has 0 radical (unpaired) electrons. The van der Waals surface area contributed by atoms with Crippen molar-refractivity contribution in [2.45, 2.75) is 26.9 Å². The van der Waals surface area contributed by atoms with Crippen LogP contribution in [-0.2, 0) is 11.4 Å². The number of anilines is 3. The summed E-state index contributed by atoms with van der Waals surface area (Å²) in [5, 5.41) is 6.70. The maximum Gasteiger partial charge on any atom is 0.227 e. The molecule has 10 heteroatoms. The molecule has 2 N–H and O–H groups in total. The SMILES string of the molecule is CCC(=O)Nc1cccc(C)c1Nc1ncc(OCc2c(Cl)c(OC)cc(OC)c2Cl)cn1. The van der Waals surface area contributed by atoms with Crippen molar-refractivity contribution in [1.82, 2.24) is 9.97 Å². The molecule has 0 aliphatic heterocycles. The zero-order valence-corrected chi connectivity index (χ0v) is 20.2. The topological polar surface area (TPSA) is 94.6 Å². The Kier molecular flexibility index (Phi) is 8.19. The van der Waals surface area contributed by atoms with Crippen LogP contribution in [0, 0.1) is 6.92 Å². The average Bonchev–Trinajstić information content (AvgIpc) is 2.82. The molecule has 0 bridgehead atoms. The second kappa shape index (κ2) is 11.1. The van der Waals surface area contributed by atoms with Gasteiger partial charge in [0.25, 0.3) is 0 Å². The highest BCUT2D eigenvalue weighted by atomic mass is 35.5. The van der Waals surface area contributed by atoms with Gasteiger partial charge in [0, 0.05) is 18.1 Å². The minimum absolute atomic E-state index is 0.0619. The molecule has 1 amide bonds. The lowest BCUT2D eigenvalue weighted by Crippen LogP contribution is -2.12. The third-order valence-electron chi connectivity index (χ3n) is 4.78. The van der Waals surface area contributed by atoms with Gasteiger partial charge in [-0.25, -0.2) is 9.97 Å². The fraction of sp³-hybridized carbons (Fsp3) is 0.261. The number of halogens is 2. The highest BCUT2D eigenvalue weighted by Crippen LogP contribution is 2.40. The van der Waals surface area contributed by atoms with Crippen LogP contribution in [0.2, 0.25) is 10.0 Å². The standard InChI is InChI=1S/C23H24Cl2N4O4/c1-5-19(30)28-16-8-6-7-13(2)22(16)29-23-26-10-14(11-27-23)33-12-15-20(24)17(31-3)9-18(32-4)21(15)25/h6-11H,5,12H2,1-4H3,(H,28,30)(H,26,27,29). The number of aryl methyl sites for hydroxylation is 1. The number of aromatic nitrogens is 2. The summed E-state index contributed by atoms with van der Waals surface area (Å²) in [6.45, 7) is 3.78. The maximum atomic E-state index is 11.8. The molecule has 0 aliphatic rings. The van der Waals surface area contributed by atoms with Gasteiger partial charge in [-0.1, -0.05) is 42.3 Å². The van der Waals surface area contributed by atoms with E-state index in [0.717, 1.165) is 11.3 Å². The van der Waals surface area contributed by atoms with Gasteiger partial charge in [0.2, 0.25) is 11.9 Å². The molecule has 8 nitrogen and oxygen atoms in total. The van der Waals surface area contributed by atoms with Crippen LogP contribution in [0.4, 0.5) is 17.3 Å². The molecule has 0 saturated heterocycles. The molecule has 3 aromatic rings. The van der Waals surface area contributed by atoms with Crippen LogP contribution in [0.25, 0.3) is 0 Å². The zero-order valence-electron chi connectivity index (χ0n) is 18.7. The molecule has 0 saturated carbocycles. The van der Waals surface area contributed by atoms with E-state index < -0.39 is 0 Å². The number of para-hydroxylation sites is 1. The predicted molar refractivity (Wildman–Crippen MR) is 129 cm³/mol. The largest absolute Gasteiger partial charge is 0.495 e. The molecule has 0 aliphatic carbocycles. The van der Waals surface area contributed by atoms with Crippen molar-refractivity contribution >= 4 is 46.4 Å². The van der Waals surface area contributed by atoms with E-state index in [2.05, 4.69) is 20.6 Å². The number of nitrogens with one attached hydrogen (secondary N) is 2. The van der Waals surface area contributed by atoms with Crippen LogP contribution in [0.5, 0.6) is 17.2 Å². The Labute approximate surface area is 202 Å². The first-order valence-electron chi connectivity index (χ1n) is 10.1. The quantitative estimate of drug-likeness (QED) is 0.392. The van der Waals surface area contributed by atoms with E-state index in [1.54, 1.807) is 13.0 Å². The summed E-state index contributed by atoms with van der Waals surface area (Å²) in [4.78, 5) is 20.4. The summed E-state index contributed by atoms with van der Waals surface area (Å²) in [6.07, 6.45) is 3.43. The molecule has 1 aromatic heterocycles. The van der Waals surface area contributed by atoms with Gasteiger partial charge in [-0.2, -0.15) is 0 Å². The summed E-state index contributed by atoms with van der Waals surface area (Å²) in [5.41, 5.74) is 2.83. The number of ether oxygens (including phenoxy) is 3. The summed E-state index contributed by atoms with van der Waals surface area (Å²) in [6, 6.07) is 7.22. The van der Waals surface area contributed by atoms with Gasteiger partial charge in [0.1, 0.15) is 18.1 Å². The highest BCUT2D eigenvalue weighted by molar-refractivity contribution is 6.37. The van der Waals surface area contributed by atoms with Crippen molar-refractivity contribution in [3.8, 4) is 17.2 Å². The van der Waals surface area contributed by atoms with Gasteiger partial charge in [0.05, 0.1) is 48.0 Å². The summed E-state index contributed by atoms with van der Waals surface area (Å²) < 4.78 is 16.3. The van der Waals surface area contributed by atoms with E-state index in [-0.39, 0.29) is 12.5 Å². The van der Waals surface area contributed by atoms with E-state index in [1.807, 2.05) is 25.1 Å². The lowest BCUT2D eigenvalue weighted by Gasteiger charge is -2.16. The number of hydrogen-bond acceptors (Lipinski definition) is 7. The Morgan fingerprint density at radius 3 is 2.27 bits per heavy atom. The normalized spacial score (nSPS) is 10.5. The van der Waals surface area contributed by atoms with Crippen LogP contribution >= 0.6 is 23.2 Å². The van der Waals surface area contributed by atoms with Gasteiger partial charge < -0.3 is 24.8 Å². The third kappa shape index (κ3) is 5.77. The molecule has 1 heterocycles. The summed E-state index contributed by atoms with van der Waals surface area (Å²) in [5.74, 6) is 1.54. The molecule has 0 atom stereocenters. The Morgan fingerprint density at radius 2 is 1.70 bits per heavy atom. The number of hydrogen-bond donors (Lipinski definition) is 2. The van der Waals surface area contributed by atoms with E-state index in [9.17, 15) is 4.79 Å². The average molecular weight is 491 g/mol. The van der Waals surface area contributed by atoms with E-state index in [4.69, 9.17) is 37.4 Å². The number of carbonyl (C=O) groups is 1.